The van der Waals surface area contributed by atoms with Crippen molar-refractivity contribution in [2.24, 2.45) is 0 Å². The number of hydrogen-bond acceptors (Lipinski definition) is 5. The Morgan fingerprint density at radius 1 is 0.625 bits per heavy atom. The van der Waals surface area contributed by atoms with Crippen LogP contribution in [-0.4, -0.2) is 25.1 Å². The van der Waals surface area contributed by atoms with E-state index in [0.29, 0.717) is 11.5 Å². The number of allylic oxidation sites excluding steroid dienone is 1. The van der Waals surface area contributed by atoms with Crippen molar-refractivity contribution in [1.82, 2.24) is 9.97 Å². The Morgan fingerprint density at radius 3 is 1.90 bits per heavy atom. The predicted molar refractivity (Wildman–Crippen MR) is 162 cm³/mol. The van der Waals surface area contributed by atoms with Gasteiger partial charge in [-0.25, -0.2) is 9.97 Å². The number of aryl methyl sites for hydroxylation is 2. The summed E-state index contributed by atoms with van der Waals surface area (Å²) in [4.78, 5) is 9.56. The van der Waals surface area contributed by atoms with Crippen LogP contribution in [0.3, 0.4) is 0 Å². The molecule has 0 bridgehead atoms. The highest BCUT2D eigenvalue weighted by molar-refractivity contribution is 6.40. The Balaban J connectivity index is 1.35. The lowest BCUT2D eigenvalue weighted by Gasteiger charge is -2.22. The van der Waals surface area contributed by atoms with Crippen molar-refractivity contribution in [2.45, 2.75) is 26.7 Å². The second-order valence-electron chi connectivity index (χ2n) is 10.1. The number of para-hydroxylation sites is 2. The minimum absolute atomic E-state index is 0.650. The van der Waals surface area contributed by atoms with E-state index in [1.54, 1.807) is 0 Å². The third kappa shape index (κ3) is 4.66. The second-order valence-corrected chi connectivity index (χ2v) is 11.4. The molecule has 0 fully saturated rings. The standard InChI is InChI=1S/C14H12O.2C10H9NO.Al/c15-14-9-10-5-1-2-6-11(10)12-7-3-4-8-13(12)14;2*1-7-5-6-8-3-2-4-9(12)10(8)11-7;/h1-3,5-7,9,15H,4,8H2;2*2-6,12H,1H3;/q;;;+3/p-3. The number of aromatic nitrogens is 2. The van der Waals surface area contributed by atoms with Gasteiger partial charge in [-0.05, 0) is 78.9 Å². The van der Waals surface area contributed by atoms with Gasteiger partial charge >= 0.3 is 15.1 Å². The molecule has 194 valence electrons. The molecule has 0 spiro atoms. The van der Waals surface area contributed by atoms with Crippen molar-refractivity contribution in [2.75, 3.05) is 0 Å². The van der Waals surface area contributed by atoms with E-state index in [-0.39, 0.29) is 0 Å². The van der Waals surface area contributed by atoms with Crippen molar-refractivity contribution >= 4 is 53.8 Å². The summed E-state index contributed by atoms with van der Waals surface area (Å²) >= 11 is -2.89. The Kier molecular flexibility index (Phi) is 6.36. The first-order valence-corrected chi connectivity index (χ1v) is 15.0. The number of rotatable bonds is 6. The van der Waals surface area contributed by atoms with Gasteiger partial charge in [0.1, 0.15) is 22.5 Å². The van der Waals surface area contributed by atoms with Crippen LogP contribution in [0.1, 0.15) is 28.9 Å². The number of benzene rings is 4. The van der Waals surface area contributed by atoms with Crippen molar-refractivity contribution in [3.05, 3.63) is 120 Å². The summed E-state index contributed by atoms with van der Waals surface area (Å²) < 4.78 is 20.1. The van der Waals surface area contributed by atoms with E-state index in [2.05, 4.69) is 54.6 Å². The SMILES string of the molecule is Cc1ccc2cccc([O][Al]([O]c3cc4ccccc4c4c3CCC=C4)[O]c3cccc4ccc(C)nc34)c2n1. The Labute approximate surface area is 238 Å². The first kappa shape index (κ1) is 24.7. The van der Waals surface area contributed by atoms with Crippen LogP contribution in [-0.2, 0) is 6.42 Å². The van der Waals surface area contributed by atoms with Gasteiger partial charge in [0.15, 0.2) is 0 Å². The summed E-state index contributed by atoms with van der Waals surface area (Å²) in [6.07, 6.45) is 6.31. The van der Waals surface area contributed by atoms with Gasteiger partial charge in [-0.1, -0.05) is 72.8 Å². The molecule has 2 heterocycles. The molecular formula is C34H27AlN2O3. The quantitative estimate of drug-likeness (QED) is 0.201. The lowest BCUT2D eigenvalue weighted by Crippen LogP contribution is -2.37. The highest BCUT2D eigenvalue weighted by Crippen LogP contribution is 2.36. The summed E-state index contributed by atoms with van der Waals surface area (Å²) in [6, 6.07) is 30.6. The molecule has 0 saturated carbocycles. The largest absolute Gasteiger partial charge is 1.20 e. The summed E-state index contributed by atoms with van der Waals surface area (Å²) in [7, 11) is 0. The van der Waals surface area contributed by atoms with Crippen molar-refractivity contribution < 1.29 is 11.4 Å². The topological polar surface area (TPSA) is 53.5 Å². The molecule has 40 heavy (non-hydrogen) atoms. The van der Waals surface area contributed by atoms with Crippen LogP contribution in [0.4, 0.5) is 0 Å². The average Bonchev–Trinajstić information content (AvgIpc) is 2.98. The molecule has 2 aromatic heterocycles. The van der Waals surface area contributed by atoms with Crippen LogP contribution in [0.2, 0.25) is 0 Å². The second kappa shape index (κ2) is 10.3. The van der Waals surface area contributed by atoms with E-state index in [0.717, 1.165) is 57.2 Å². The molecule has 5 nitrogen and oxygen atoms in total. The summed E-state index contributed by atoms with van der Waals surface area (Å²) in [5, 5.41) is 4.36. The molecule has 6 heteroatoms. The lowest BCUT2D eigenvalue weighted by atomic mass is 9.91. The van der Waals surface area contributed by atoms with Crippen LogP contribution in [0.15, 0.2) is 97.1 Å². The molecule has 0 unspecified atom stereocenters. The monoisotopic (exact) mass is 538 g/mol. The predicted octanol–water partition coefficient (Wildman–Crippen LogP) is 8.03. The minimum atomic E-state index is -2.89. The normalized spacial score (nSPS) is 12.4. The van der Waals surface area contributed by atoms with Gasteiger partial charge in [0, 0.05) is 22.2 Å². The molecule has 4 aromatic carbocycles. The zero-order chi connectivity index (χ0) is 27.1. The van der Waals surface area contributed by atoms with E-state index in [1.807, 2.05) is 62.4 Å². The number of pyridine rings is 2. The zero-order valence-electron chi connectivity index (χ0n) is 22.4. The summed E-state index contributed by atoms with van der Waals surface area (Å²) in [6.45, 7) is 3.97. The van der Waals surface area contributed by atoms with Gasteiger partial charge in [0.05, 0.1) is 5.75 Å². The average molecular weight is 539 g/mol. The highest BCUT2D eigenvalue weighted by atomic mass is 27.3. The molecule has 0 radical (unpaired) electrons. The first-order chi connectivity index (χ1) is 19.6. The Morgan fingerprint density at radius 2 is 1.23 bits per heavy atom. The van der Waals surface area contributed by atoms with Gasteiger partial charge in [-0.15, -0.1) is 0 Å². The van der Waals surface area contributed by atoms with Crippen molar-refractivity contribution in [3.8, 4) is 17.2 Å². The summed E-state index contributed by atoms with van der Waals surface area (Å²) in [5.41, 5.74) is 5.83. The zero-order valence-corrected chi connectivity index (χ0v) is 23.6. The van der Waals surface area contributed by atoms with Crippen molar-refractivity contribution in [3.63, 3.8) is 0 Å². The number of fused-ring (bicyclic) bond motifs is 5. The van der Waals surface area contributed by atoms with Gasteiger partial charge in [-0.3, -0.25) is 0 Å². The fourth-order valence-electron chi connectivity index (χ4n) is 5.38. The van der Waals surface area contributed by atoms with E-state index in [9.17, 15) is 0 Å². The van der Waals surface area contributed by atoms with Crippen LogP contribution in [0, 0.1) is 13.8 Å². The van der Waals surface area contributed by atoms with Crippen LogP contribution >= 0.6 is 0 Å². The van der Waals surface area contributed by atoms with Crippen molar-refractivity contribution in [1.29, 1.82) is 0 Å². The van der Waals surface area contributed by atoms with E-state index < -0.39 is 15.1 Å². The van der Waals surface area contributed by atoms with Gasteiger partial charge in [0.2, 0.25) is 0 Å². The van der Waals surface area contributed by atoms with E-state index >= 15 is 0 Å². The first-order valence-electron chi connectivity index (χ1n) is 13.6. The van der Waals surface area contributed by atoms with E-state index in [4.69, 9.17) is 21.3 Å². The molecule has 6 aromatic rings. The van der Waals surface area contributed by atoms with E-state index in [1.165, 1.54) is 16.5 Å². The highest BCUT2D eigenvalue weighted by Gasteiger charge is 2.46. The fraction of sp³-hybridized carbons (Fsp3) is 0.118. The molecule has 7 rings (SSSR count). The Bertz CT molecular complexity index is 1850. The van der Waals surface area contributed by atoms with Gasteiger partial charge < -0.3 is 11.4 Å². The fourth-order valence-corrected chi connectivity index (χ4v) is 6.74. The maximum Gasteiger partial charge on any atom is 1.20 e. The van der Waals surface area contributed by atoms with Gasteiger partial charge in [0.25, 0.3) is 0 Å². The lowest BCUT2D eigenvalue weighted by molar-refractivity contribution is 0.308. The maximum absolute atomic E-state index is 6.79. The molecule has 0 atom stereocenters. The maximum atomic E-state index is 6.79. The molecule has 0 N–H and O–H groups in total. The Hall–Kier alpha value is -4.37. The molecule has 0 saturated heterocycles. The molecule has 0 aliphatic heterocycles. The molecule has 1 aliphatic carbocycles. The van der Waals surface area contributed by atoms with Crippen LogP contribution < -0.4 is 11.4 Å². The third-order valence-corrected chi connectivity index (χ3v) is 8.66. The van der Waals surface area contributed by atoms with Crippen LogP contribution in [0.25, 0.3) is 38.7 Å². The molecule has 0 amide bonds. The molecular weight excluding hydrogens is 511 g/mol. The van der Waals surface area contributed by atoms with Gasteiger partial charge in [-0.2, -0.15) is 0 Å². The molecule has 1 aliphatic rings. The number of nitrogens with zero attached hydrogens (tertiary/aromatic N) is 2. The smallest absolute Gasteiger partial charge is 0.577 e. The number of hydrogen-bond donors (Lipinski definition) is 0. The minimum Gasteiger partial charge on any atom is -0.577 e. The summed E-state index contributed by atoms with van der Waals surface area (Å²) in [5.74, 6) is 2.11. The van der Waals surface area contributed by atoms with Crippen LogP contribution in [0.5, 0.6) is 17.2 Å². The third-order valence-electron chi connectivity index (χ3n) is 7.32.